The fourth-order valence-electron chi connectivity index (χ4n) is 0.150. The van der Waals surface area contributed by atoms with Crippen LogP contribution >= 0.6 is 12.2 Å². The van der Waals surface area contributed by atoms with Crippen molar-refractivity contribution in [1.82, 2.24) is 16.3 Å². The Kier molecular flexibility index (Phi) is 3.58. The molecule has 0 unspecified atom stereocenters. The van der Waals surface area contributed by atoms with Gasteiger partial charge in [-0.3, -0.25) is 10.9 Å². The Morgan fingerprint density at radius 3 is 2.43 bits per heavy atom. The summed E-state index contributed by atoms with van der Waals surface area (Å²) >= 11 is 4.54. The molecular formula is C2H8N4S. The summed E-state index contributed by atoms with van der Waals surface area (Å²) in [5.41, 5.74) is 7.35. The third-order valence-electron chi connectivity index (χ3n) is 0.370. The molecule has 5 N–H and O–H groups in total. The van der Waals surface area contributed by atoms with Crippen LogP contribution in [0.5, 0.6) is 0 Å². The second kappa shape index (κ2) is 3.79. The van der Waals surface area contributed by atoms with E-state index < -0.39 is 0 Å². The normalized spacial score (nSPS) is 7.71. The third-order valence-corrected chi connectivity index (χ3v) is 0.590. The number of nitrogens with one attached hydrogen (secondary N) is 3. The van der Waals surface area contributed by atoms with Gasteiger partial charge in [-0.2, -0.15) is 0 Å². The average Bonchev–Trinajstić information content (AvgIpc) is 1.68. The van der Waals surface area contributed by atoms with Crippen LogP contribution in [0.2, 0.25) is 0 Å². The van der Waals surface area contributed by atoms with Gasteiger partial charge >= 0.3 is 0 Å². The second-order valence-electron chi connectivity index (χ2n) is 0.848. The molecule has 0 amide bonds. The monoisotopic (exact) mass is 120 g/mol. The molecule has 0 heterocycles. The fourth-order valence-corrected chi connectivity index (χ4v) is 0.252. The summed E-state index contributed by atoms with van der Waals surface area (Å²) in [5.74, 6) is 4.86. The lowest BCUT2D eigenvalue weighted by Crippen LogP contribution is -2.45. The van der Waals surface area contributed by atoms with Gasteiger partial charge < -0.3 is 0 Å². The molecule has 0 radical (unpaired) electrons. The zero-order chi connectivity index (χ0) is 5.70. The molecule has 0 rings (SSSR count). The van der Waals surface area contributed by atoms with Crippen LogP contribution in [0.15, 0.2) is 0 Å². The van der Waals surface area contributed by atoms with Crippen LogP contribution in [0.4, 0.5) is 0 Å². The zero-order valence-corrected chi connectivity index (χ0v) is 4.80. The highest BCUT2D eigenvalue weighted by molar-refractivity contribution is 7.80. The highest BCUT2D eigenvalue weighted by Gasteiger charge is 1.80. The third kappa shape index (κ3) is 3.44. The van der Waals surface area contributed by atoms with Crippen molar-refractivity contribution in [2.24, 2.45) is 5.84 Å². The molecule has 7 heavy (non-hydrogen) atoms. The van der Waals surface area contributed by atoms with Crippen molar-refractivity contribution < 1.29 is 0 Å². The van der Waals surface area contributed by atoms with Crippen LogP contribution in [0.1, 0.15) is 0 Å². The summed E-state index contributed by atoms with van der Waals surface area (Å²) in [6, 6.07) is 0. The largest absolute Gasteiger partial charge is 0.300 e. The maximum atomic E-state index is 4.86. The van der Waals surface area contributed by atoms with Gasteiger partial charge in [-0.15, -0.1) is 0 Å². The highest BCUT2D eigenvalue weighted by Crippen LogP contribution is 1.50. The summed E-state index contributed by atoms with van der Waals surface area (Å²) in [4.78, 5) is 0. The van der Waals surface area contributed by atoms with Gasteiger partial charge in [-0.1, -0.05) is 0 Å². The molecule has 0 bridgehead atoms. The van der Waals surface area contributed by atoms with E-state index in [9.17, 15) is 0 Å². The van der Waals surface area contributed by atoms with Crippen LogP contribution < -0.4 is 22.1 Å². The van der Waals surface area contributed by atoms with E-state index in [1.165, 1.54) is 0 Å². The van der Waals surface area contributed by atoms with Crippen LogP contribution in [0, 0.1) is 0 Å². The number of rotatable bonds is 1. The quantitative estimate of drug-likeness (QED) is 0.192. The van der Waals surface area contributed by atoms with E-state index >= 15 is 0 Å². The van der Waals surface area contributed by atoms with Gasteiger partial charge in [0.25, 0.3) is 0 Å². The van der Waals surface area contributed by atoms with E-state index in [2.05, 4.69) is 28.5 Å². The van der Waals surface area contributed by atoms with Crippen molar-refractivity contribution in [3.63, 3.8) is 0 Å². The van der Waals surface area contributed by atoms with Crippen LogP contribution in [-0.4, -0.2) is 12.2 Å². The first-order valence-corrected chi connectivity index (χ1v) is 2.15. The van der Waals surface area contributed by atoms with Crippen molar-refractivity contribution in [3.8, 4) is 0 Å². The lowest BCUT2D eigenvalue weighted by atomic mass is 11.1. The molecule has 0 saturated heterocycles. The zero-order valence-electron chi connectivity index (χ0n) is 3.99. The summed E-state index contributed by atoms with van der Waals surface area (Å²) < 4.78 is 0. The molecule has 4 nitrogen and oxygen atoms in total. The van der Waals surface area contributed by atoms with E-state index in [1.807, 2.05) is 0 Å². The van der Waals surface area contributed by atoms with E-state index in [0.29, 0.717) is 5.11 Å². The smallest absolute Gasteiger partial charge is 0.195 e. The van der Waals surface area contributed by atoms with Gasteiger partial charge in [-0.05, 0) is 12.2 Å². The molecular weight excluding hydrogens is 112 g/mol. The Bertz CT molecular complexity index is 62.7. The first-order valence-electron chi connectivity index (χ1n) is 1.74. The standard InChI is InChI=1S/C2H8N4S/c1-4-6-2(7)5-3/h4H,3H2,1H3,(H2,5,6,7). The molecule has 0 aliphatic rings. The molecule has 0 saturated carbocycles. The first-order chi connectivity index (χ1) is 3.31. The maximum Gasteiger partial charge on any atom is 0.195 e. The molecule has 0 atom stereocenters. The summed E-state index contributed by atoms with van der Waals surface area (Å²) in [6.07, 6.45) is 0. The minimum atomic E-state index is 0.377. The minimum absolute atomic E-state index is 0.377. The number of hydrogen-bond donors (Lipinski definition) is 4. The maximum absolute atomic E-state index is 4.86. The van der Waals surface area contributed by atoms with Crippen LogP contribution in [0.25, 0.3) is 0 Å². The Morgan fingerprint density at radius 2 is 2.29 bits per heavy atom. The van der Waals surface area contributed by atoms with E-state index in [1.54, 1.807) is 7.05 Å². The van der Waals surface area contributed by atoms with Gasteiger partial charge in [0.1, 0.15) is 0 Å². The minimum Gasteiger partial charge on any atom is -0.300 e. The fraction of sp³-hybridized carbons (Fsp3) is 0.500. The second-order valence-corrected chi connectivity index (χ2v) is 1.26. The Morgan fingerprint density at radius 1 is 1.71 bits per heavy atom. The van der Waals surface area contributed by atoms with E-state index in [4.69, 9.17) is 5.84 Å². The Balaban J connectivity index is 3.00. The van der Waals surface area contributed by atoms with E-state index in [-0.39, 0.29) is 0 Å². The van der Waals surface area contributed by atoms with Crippen molar-refractivity contribution in [2.45, 2.75) is 0 Å². The molecule has 0 aliphatic heterocycles. The Hall–Kier alpha value is -0.390. The molecule has 0 spiro atoms. The summed E-state index contributed by atoms with van der Waals surface area (Å²) in [7, 11) is 1.70. The van der Waals surface area contributed by atoms with Gasteiger partial charge in [0.05, 0.1) is 0 Å². The summed E-state index contributed by atoms with van der Waals surface area (Å²) in [5, 5.41) is 0.377. The van der Waals surface area contributed by atoms with Crippen LogP contribution in [0.3, 0.4) is 0 Å². The lowest BCUT2D eigenvalue weighted by Gasteiger charge is -2.01. The highest BCUT2D eigenvalue weighted by atomic mass is 32.1. The molecule has 5 heteroatoms. The summed E-state index contributed by atoms with van der Waals surface area (Å²) in [6.45, 7) is 0. The Labute approximate surface area is 47.4 Å². The average molecular weight is 120 g/mol. The molecule has 0 aliphatic carbocycles. The van der Waals surface area contributed by atoms with Crippen LogP contribution in [-0.2, 0) is 0 Å². The molecule has 0 aromatic heterocycles. The molecule has 0 aromatic carbocycles. The van der Waals surface area contributed by atoms with E-state index in [0.717, 1.165) is 0 Å². The SMILES string of the molecule is CNNC(=S)NN. The number of thiocarbonyl (C=S) groups is 1. The number of nitrogens with two attached hydrogens (primary N) is 1. The first kappa shape index (κ1) is 6.61. The van der Waals surface area contributed by atoms with Gasteiger partial charge in [-0.25, -0.2) is 11.3 Å². The number of hydrazine groups is 2. The molecule has 0 fully saturated rings. The lowest BCUT2D eigenvalue weighted by molar-refractivity contribution is 0.748. The predicted octanol–water partition coefficient (Wildman–Crippen LogP) is -1.54. The van der Waals surface area contributed by atoms with Crippen molar-refractivity contribution >= 4 is 17.3 Å². The number of hydrogen-bond acceptors (Lipinski definition) is 3. The molecule has 42 valence electrons. The van der Waals surface area contributed by atoms with Gasteiger partial charge in [0.2, 0.25) is 0 Å². The van der Waals surface area contributed by atoms with Gasteiger partial charge in [0.15, 0.2) is 5.11 Å². The predicted molar refractivity (Wildman–Crippen MR) is 32.1 cm³/mol. The topological polar surface area (TPSA) is 62.1 Å². The molecule has 0 aromatic rings. The van der Waals surface area contributed by atoms with Crippen molar-refractivity contribution in [2.75, 3.05) is 7.05 Å². The van der Waals surface area contributed by atoms with Crippen molar-refractivity contribution in [1.29, 1.82) is 0 Å². The van der Waals surface area contributed by atoms with Crippen molar-refractivity contribution in [3.05, 3.63) is 0 Å². The van der Waals surface area contributed by atoms with Gasteiger partial charge in [0, 0.05) is 7.05 Å².